The second-order valence-corrected chi connectivity index (χ2v) is 7.59. The van der Waals surface area contributed by atoms with Crippen LogP contribution in [0.15, 0.2) is 30.3 Å². The second kappa shape index (κ2) is 6.94. The van der Waals surface area contributed by atoms with Gasteiger partial charge >= 0.3 is 0 Å². The van der Waals surface area contributed by atoms with Crippen LogP contribution in [0.3, 0.4) is 0 Å². The lowest BCUT2D eigenvalue weighted by molar-refractivity contribution is -0.125. The number of thioether (sulfide) groups is 2. The number of para-hydroxylation sites is 1. The number of aliphatic hydroxyl groups excluding tert-OH is 1. The van der Waals surface area contributed by atoms with Gasteiger partial charge in [-0.15, -0.1) is 0 Å². The Morgan fingerprint density at radius 1 is 1.26 bits per heavy atom. The Bertz CT molecular complexity index is 625. The summed E-state index contributed by atoms with van der Waals surface area (Å²) in [6, 6.07) is 8.39. The molecule has 0 aromatic heterocycles. The number of hydrogen-bond acceptors (Lipinski definition) is 6. The molecule has 1 aromatic rings. The van der Waals surface area contributed by atoms with Crippen molar-refractivity contribution >= 4 is 46.3 Å². The molecule has 6 nitrogen and oxygen atoms in total. The number of hydrogen-bond donors (Lipinski definition) is 2. The van der Waals surface area contributed by atoms with Crippen LogP contribution < -0.4 is 10.2 Å². The average molecular weight is 352 g/mol. The van der Waals surface area contributed by atoms with Crippen LogP contribution in [0.25, 0.3) is 0 Å². The van der Waals surface area contributed by atoms with Crippen molar-refractivity contribution in [1.29, 1.82) is 0 Å². The molecule has 0 spiro atoms. The molecule has 8 heteroatoms. The zero-order valence-electron chi connectivity index (χ0n) is 12.2. The van der Waals surface area contributed by atoms with Crippen LogP contribution in [-0.4, -0.2) is 51.1 Å². The summed E-state index contributed by atoms with van der Waals surface area (Å²) in [6.07, 6.45) is -0.620. The fourth-order valence-electron chi connectivity index (χ4n) is 2.51. The van der Waals surface area contributed by atoms with Gasteiger partial charge in [0.2, 0.25) is 11.8 Å². The third-order valence-electron chi connectivity index (χ3n) is 3.70. The minimum atomic E-state index is -0.714. The van der Waals surface area contributed by atoms with Crippen LogP contribution in [0, 0.1) is 0 Å². The van der Waals surface area contributed by atoms with Gasteiger partial charge in [-0.3, -0.25) is 14.4 Å². The Morgan fingerprint density at radius 2 is 2.00 bits per heavy atom. The van der Waals surface area contributed by atoms with Gasteiger partial charge in [-0.2, -0.15) is 11.8 Å². The summed E-state index contributed by atoms with van der Waals surface area (Å²) in [6.45, 7) is 0. The lowest BCUT2D eigenvalue weighted by Crippen LogP contribution is -2.44. The van der Waals surface area contributed by atoms with E-state index in [1.165, 1.54) is 0 Å². The van der Waals surface area contributed by atoms with E-state index >= 15 is 0 Å². The number of nitrogens with zero attached hydrogens (tertiary/aromatic N) is 1. The zero-order chi connectivity index (χ0) is 16.4. The monoisotopic (exact) mass is 352 g/mol. The normalized spacial score (nSPS) is 27.5. The summed E-state index contributed by atoms with van der Waals surface area (Å²) in [5, 5.41) is 11.4. The number of rotatable bonds is 4. The van der Waals surface area contributed by atoms with Crippen molar-refractivity contribution < 1.29 is 19.5 Å². The minimum Gasteiger partial charge on any atom is -0.390 e. The largest absolute Gasteiger partial charge is 0.390 e. The molecule has 0 saturated carbocycles. The lowest BCUT2D eigenvalue weighted by Gasteiger charge is -2.17. The van der Waals surface area contributed by atoms with Gasteiger partial charge in [0, 0.05) is 17.9 Å². The van der Waals surface area contributed by atoms with Crippen molar-refractivity contribution in [2.75, 3.05) is 16.4 Å². The van der Waals surface area contributed by atoms with Gasteiger partial charge in [-0.05, 0) is 23.9 Å². The Kier molecular flexibility index (Phi) is 4.93. The molecular weight excluding hydrogens is 336 g/mol. The van der Waals surface area contributed by atoms with Crippen molar-refractivity contribution in [2.24, 2.45) is 0 Å². The summed E-state index contributed by atoms with van der Waals surface area (Å²) in [7, 11) is 0. The van der Waals surface area contributed by atoms with Gasteiger partial charge in [0.05, 0.1) is 17.8 Å². The summed E-state index contributed by atoms with van der Waals surface area (Å²) >= 11 is 2.45. The van der Waals surface area contributed by atoms with Gasteiger partial charge in [0.15, 0.2) is 0 Å². The number of imide groups is 1. The molecule has 122 valence electrons. The first kappa shape index (κ1) is 16.4. The molecule has 2 aliphatic rings. The van der Waals surface area contributed by atoms with E-state index in [2.05, 4.69) is 5.32 Å². The third kappa shape index (κ3) is 3.54. The molecule has 2 fully saturated rings. The van der Waals surface area contributed by atoms with Crippen LogP contribution in [0.2, 0.25) is 0 Å². The molecule has 0 bridgehead atoms. The number of benzene rings is 1. The molecule has 0 radical (unpaired) electrons. The first-order valence-corrected chi connectivity index (χ1v) is 9.24. The van der Waals surface area contributed by atoms with Gasteiger partial charge in [0.25, 0.3) is 5.24 Å². The summed E-state index contributed by atoms with van der Waals surface area (Å²) in [5.74, 6) is 0.573. The molecule has 23 heavy (non-hydrogen) atoms. The van der Waals surface area contributed by atoms with Crippen molar-refractivity contribution in [2.45, 2.75) is 23.8 Å². The van der Waals surface area contributed by atoms with E-state index in [4.69, 9.17) is 0 Å². The van der Waals surface area contributed by atoms with E-state index in [-0.39, 0.29) is 29.5 Å². The molecule has 1 aromatic carbocycles. The van der Waals surface area contributed by atoms with Crippen LogP contribution in [0.1, 0.15) is 6.42 Å². The van der Waals surface area contributed by atoms with Gasteiger partial charge < -0.3 is 10.4 Å². The van der Waals surface area contributed by atoms with E-state index in [1.54, 1.807) is 42.1 Å². The van der Waals surface area contributed by atoms with Crippen LogP contribution in [-0.2, 0) is 9.59 Å². The van der Waals surface area contributed by atoms with Crippen molar-refractivity contribution in [1.82, 2.24) is 5.32 Å². The van der Waals surface area contributed by atoms with E-state index in [0.717, 1.165) is 16.7 Å². The van der Waals surface area contributed by atoms with Crippen molar-refractivity contribution in [3.05, 3.63) is 30.3 Å². The Balaban J connectivity index is 1.62. The lowest BCUT2D eigenvalue weighted by atomic mass is 10.2. The number of anilines is 1. The second-order valence-electron chi connectivity index (χ2n) is 5.36. The van der Waals surface area contributed by atoms with Crippen LogP contribution >= 0.6 is 23.5 Å². The first-order valence-electron chi connectivity index (χ1n) is 7.21. The smallest absolute Gasteiger partial charge is 0.293 e. The molecule has 3 atom stereocenters. The summed E-state index contributed by atoms with van der Waals surface area (Å²) in [5.41, 5.74) is 0.514. The molecule has 2 heterocycles. The van der Waals surface area contributed by atoms with Gasteiger partial charge in [0.1, 0.15) is 5.25 Å². The number of carbonyl (C=O) groups excluding carboxylic acids is 3. The summed E-state index contributed by atoms with van der Waals surface area (Å²) in [4.78, 5) is 37.7. The quantitative estimate of drug-likeness (QED) is 0.848. The third-order valence-corrected chi connectivity index (χ3v) is 5.91. The number of amides is 3. The molecule has 0 unspecified atom stereocenters. The Labute approximate surface area is 142 Å². The highest BCUT2D eigenvalue weighted by molar-refractivity contribution is 8.15. The maximum atomic E-state index is 12.4. The maximum Gasteiger partial charge on any atom is 0.293 e. The minimum absolute atomic E-state index is 0.0630. The van der Waals surface area contributed by atoms with Crippen LogP contribution in [0.5, 0.6) is 0 Å². The molecule has 0 aliphatic carbocycles. The standard InChI is InChI=1S/C15H16N2O4S2/c18-11-8-22-7-10(11)16-13(19)6-12-14(20)17(15(21)23-12)9-4-2-1-3-5-9/h1-5,10-12,18H,6-8H2,(H,16,19)/t10-,11+,12+/m1/s1. The molecule has 3 rings (SSSR count). The predicted octanol–water partition coefficient (Wildman–Crippen LogP) is 1.24. The number of aliphatic hydroxyl groups is 1. The Hall–Kier alpha value is -1.51. The molecule has 2 aliphatic heterocycles. The van der Waals surface area contributed by atoms with Crippen molar-refractivity contribution in [3.8, 4) is 0 Å². The van der Waals surface area contributed by atoms with Gasteiger partial charge in [-0.1, -0.05) is 18.2 Å². The Morgan fingerprint density at radius 3 is 2.65 bits per heavy atom. The SMILES string of the molecule is O=C(C[C@@H]1SC(=O)N(c2ccccc2)C1=O)N[C@@H]1CSC[C@@H]1O. The fourth-order valence-corrected chi connectivity index (χ4v) is 4.67. The zero-order valence-corrected chi connectivity index (χ0v) is 13.8. The number of carbonyl (C=O) groups is 3. The summed E-state index contributed by atoms with van der Waals surface area (Å²) < 4.78 is 0. The fraction of sp³-hybridized carbons (Fsp3) is 0.400. The molecule has 2 N–H and O–H groups in total. The molecular formula is C15H16N2O4S2. The van der Waals surface area contributed by atoms with Crippen molar-refractivity contribution in [3.63, 3.8) is 0 Å². The highest BCUT2D eigenvalue weighted by atomic mass is 32.2. The predicted molar refractivity (Wildman–Crippen MR) is 90.6 cm³/mol. The number of nitrogens with one attached hydrogen (secondary N) is 1. The van der Waals surface area contributed by atoms with Gasteiger partial charge in [-0.25, -0.2) is 4.90 Å². The van der Waals surface area contributed by atoms with E-state index in [1.807, 2.05) is 0 Å². The van der Waals surface area contributed by atoms with E-state index in [0.29, 0.717) is 17.2 Å². The topological polar surface area (TPSA) is 86.7 Å². The van der Waals surface area contributed by atoms with E-state index < -0.39 is 11.4 Å². The molecule has 2 saturated heterocycles. The first-order chi connectivity index (χ1) is 11.1. The average Bonchev–Trinajstić information content (AvgIpc) is 3.04. The van der Waals surface area contributed by atoms with E-state index in [9.17, 15) is 19.5 Å². The highest BCUT2D eigenvalue weighted by Crippen LogP contribution is 2.33. The van der Waals surface area contributed by atoms with Crippen LogP contribution in [0.4, 0.5) is 10.5 Å². The highest BCUT2D eigenvalue weighted by Gasteiger charge is 2.42. The maximum absolute atomic E-state index is 12.4. The molecule has 3 amide bonds.